The molecule has 0 heterocycles. The van der Waals surface area contributed by atoms with Crippen LogP contribution in [0.15, 0.2) is 48.5 Å². The zero-order valence-corrected chi connectivity index (χ0v) is 12.5. The van der Waals surface area contributed by atoms with Crippen LogP contribution >= 0.6 is 0 Å². The largest absolute Gasteiger partial charge is 0.513 e. The molecule has 120 valence electrons. The number of hydrogen-bond donors (Lipinski definition) is 0. The Balaban J connectivity index is 1.96. The van der Waals surface area contributed by atoms with Gasteiger partial charge in [-0.05, 0) is 48.5 Å². The molecule has 2 rings (SSSR count). The topological polar surface area (TPSA) is 80.3 Å². The average molecular weight is 318 g/mol. The summed E-state index contributed by atoms with van der Waals surface area (Å²) in [4.78, 5) is 21.9. The lowest BCUT2D eigenvalue weighted by Crippen LogP contribution is -2.07. The maximum absolute atomic E-state index is 11.0. The Morgan fingerprint density at radius 3 is 1.22 bits per heavy atom. The van der Waals surface area contributed by atoms with Gasteiger partial charge in [-0.1, -0.05) is 0 Å². The molecule has 7 nitrogen and oxygen atoms in total. The van der Waals surface area contributed by atoms with Crippen molar-refractivity contribution in [2.45, 2.75) is 0 Å². The lowest BCUT2D eigenvalue weighted by molar-refractivity contribution is 0.120. The SMILES string of the molecule is COC(=O)Oc1ccc(Oc2ccc(OC(=O)OC)cc2)cc1. The lowest BCUT2D eigenvalue weighted by Gasteiger charge is -2.08. The summed E-state index contributed by atoms with van der Waals surface area (Å²) in [7, 11) is 2.46. The molecule has 0 bridgehead atoms. The van der Waals surface area contributed by atoms with Crippen molar-refractivity contribution in [3.8, 4) is 23.0 Å². The molecule has 0 aromatic heterocycles. The third kappa shape index (κ3) is 4.92. The van der Waals surface area contributed by atoms with Gasteiger partial charge < -0.3 is 23.7 Å². The van der Waals surface area contributed by atoms with E-state index < -0.39 is 12.3 Å². The highest BCUT2D eigenvalue weighted by Gasteiger charge is 2.06. The van der Waals surface area contributed by atoms with E-state index in [9.17, 15) is 9.59 Å². The summed E-state index contributed by atoms with van der Waals surface area (Å²) < 4.78 is 24.1. The minimum atomic E-state index is -0.792. The molecule has 0 amide bonds. The van der Waals surface area contributed by atoms with Gasteiger partial charge in [-0.2, -0.15) is 0 Å². The van der Waals surface area contributed by atoms with Gasteiger partial charge in [-0.15, -0.1) is 0 Å². The minimum absolute atomic E-state index is 0.339. The van der Waals surface area contributed by atoms with E-state index in [1.807, 2.05) is 0 Å². The molecule has 0 N–H and O–H groups in total. The van der Waals surface area contributed by atoms with Gasteiger partial charge in [-0.25, -0.2) is 9.59 Å². The zero-order chi connectivity index (χ0) is 16.7. The molecule has 0 aliphatic heterocycles. The van der Waals surface area contributed by atoms with Gasteiger partial charge in [0.1, 0.15) is 23.0 Å². The molecular formula is C16H14O7. The van der Waals surface area contributed by atoms with E-state index in [4.69, 9.17) is 14.2 Å². The Bertz CT molecular complexity index is 602. The summed E-state index contributed by atoms with van der Waals surface area (Å²) >= 11 is 0. The van der Waals surface area contributed by atoms with Crippen LogP contribution in [0.2, 0.25) is 0 Å². The summed E-state index contributed by atoms with van der Waals surface area (Å²) in [5, 5.41) is 0. The fraction of sp³-hybridized carbons (Fsp3) is 0.125. The molecule has 0 saturated heterocycles. The normalized spacial score (nSPS) is 9.65. The van der Waals surface area contributed by atoms with Crippen LogP contribution in [-0.4, -0.2) is 26.5 Å². The molecule has 23 heavy (non-hydrogen) atoms. The van der Waals surface area contributed by atoms with E-state index in [-0.39, 0.29) is 0 Å². The second kappa shape index (κ2) is 7.69. The molecule has 0 atom stereocenters. The molecule has 0 radical (unpaired) electrons. The third-order valence-corrected chi connectivity index (χ3v) is 2.62. The maximum atomic E-state index is 11.0. The van der Waals surface area contributed by atoms with E-state index in [1.165, 1.54) is 14.2 Å². The van der Waals surface area contributed by atoms with Crippen molar-refractivity contribution < 1.29 is 33.3 Å². The van der Waals surface area contributed by atoms with E-state index in [1.54, 1.807) is 48.5 Å². The van der Waals surface area contributed by atoms with Crippen LogP contribution in [0.4, 0.5) is 9.59 Å². The number of carbonyl (C=O) groups excluding carboxylic acids is 2. The first-order valence-corrected chi connectivity index (χ1v) is 6.50. The molecule has 2 aromatic carbocycles. The predicted molar refractivity (Wildman–Crippen MR) is 79.0 cm³/mol. The van der Waals surface area contributed by atoms with Crippen molar-refractivity contribution in [3.05, 3.63) is 48.5 Å². The summed E-state index contributed by atoms with van der Waals surface area (Å²) in [5.41, 5.74) is 0. The number of carbonyl (C=O) groups is 2. The van der Waals surface area contributed by atoms with Crippen LogP contribution in [0.1, 0.15) is 0 Å². The fourth-order valence-electron chi connectivity index (χ4n) is 1.56. The molecule has 0 spiro atoms. The van der Waals surface area contributed by atoms with E-state index in [2.05, 4.69) is 9.47 Å². The molecule has 2 aromatic rings. The van der Waals surface area contributed by atoms with Gasteiger partial charge >= 0.3 is 12.3 Å². The number of methoxy groups -OCH3 is 2. The monoisotopic (exact) mass is 318 g/mol. The highest BCUT2D eigenvalue weighted by molar-refractivity contribution is 5.64. The first-order valence-electron chi connectivity index (χ1n) is 6.50. The number of rotatable bonds is 4. The van der Waals surface area contributed by atoms with Crippen molar-refractivity contribution in [2.75, 3.05) is 14.2 Å². The van der Waals surface area contributed by atoms with Gasteiger partial charge in [0.25, 0.3) is 0 Å². The van der Waals surface area contributed by atoms with Crippen LogP contribution in [-0.2, 0) is 9.47 Å². The average Bonchev–Trinajstić information content (AvgIpc) is 2.58. The molecule has 0 aliphatic rings. The highest BCUT2D eigenvalue weighted by atomic mass is 16.7. The van der Waals surface area contributed by atoms with Crippen molar-refractivity contribution in [2.24, 2.45) is 0 Å². The van der Waals surface area contributed by atoms with Crippen molar-refractivity contribution in [3.63, 3.8) is 0 Å². The minimum Gasteiger partial charge on any atom is -0.457 e. The highest BCUT2D eigenvalue weighted by Crippen LogP contribution is 2.25. The van der Waals surface area contributed by atoms with Crippen LogP contribution < -0.4 is 14.2 Å². The van der Waals surface area contributed by atoms with Crippen LogP contribution in [0.3, 0.4) is 0 Å². The number of benzene rings is 2. The molecule has 0 unspecified atom stereocenters. The maximum Gasteiger partial charge on any atom is 0.513 e. The van der Waals surface area contributed by atoms with E-state index in [0.717, 1.165) is 0 Å². The third-order valence-electron chi connectivity index (χ3n) is 2.62. The quantitative estimate of drug-likeness (QED) is 0.627. The first kappa shape index (κ1) is 16.2. The molecule has 0 fully saturated rings. The standard InChI is InChI=1S/C16H14O7/c1-19-15(17)22-13-7-3-11(4-8-13)21-12-5-9-14(10-6-12)23-16(18)20-2/h3-10H,1-2H3. The zero-order valence-electron chi connectivity index (χ0n) is 12.5. The van der Waals surface area contributed by atoms with Crippen LogP contribution in [0.5, 0.6) is 23.0 Å². The second-order valence-electron chi connectivity index (χ2n) is 4.16. The van der Waals surface area contributed by atoms with Gasteiger partial charge in [0.05, 0.1) is 14.2 Å². The Morgan fingerprint density at radius 2 is 0.913 bits per heavy atom. The van der Waals surface area contributed by atoms with Gasteiger partial charge in [-0.3, -0.25) is 0 Å². The predicted octanol–water partition coefficient (Wildman–Crippen LogP) is 3.77. The Labute approximate surface area is 132 Å². The van der Waals surface area contributed by atoms with Crippen LogP contribution in [0.25, 0.3) is 0 Å². The molecule has 0 aliphatic carbocycles. The van der Waals surface area contributed by atoms with E-state index >= 15 is 0 Å². The molecular weight excluding hydrogens is 304 g/mol. The summed E-state index contributed by atoms with van der Waals surface area (Å²) in [6.07, 6.45) is -1.58. The number of hydrogen-bond acceptors (Lipinski definition) is 7. The van der Waals surface area contributed by atoms with E-state index in [0.29, 0.717) is 23.0 Å². The lowest BCUT2D eigenvalue weighted by atomic mass is 10.3. The van der Waals surface area contributed by atoms with Gasteiger partial charge in [0, 0.05) is 0 Å². The summed E-state index contributed by atoms with van der Waals surface area (Å²) in [6, 6.07) is 12.8. The van der Waals surface area contributed by atoms with Crippen molar-refractivity contribution >= 4 is 12.3 Å². The Morgan fingerprint density at radius 1 is 0.609 bits per heavy atom. The Hall–Kier alpha value is -3.22. The smallest absolute Gasteiger partial charge is 0.457 e. The van der Waals surface area contributed by atoms with Gasteiger partial charge in [0.15, 0.2) is 0 Å². The first-order chi connectivity index (χ1) is 11.1. The van der Waals surface area contributed by atoms with Gasteiger partial charge in [0.2, 0.25) is 0 Å². The Kier molecular flexibility index (Phi) is 5.40. The fourth-order valence-corrected chi connectivity index (χ4v) is 1.56. The van der Waals surface area contributed by atoms with Crippen molar-refractivity contribution in [1.82, 2.24) is 0 Å². The molecule has 7 heteroatoms. The van der Waals surface area contributed by atoms with Crippen LogP contribution in [0, 0.1) is 0 Å². The number of ether oxygens (including phenoxy) is 5. The second-order valence-corrected chi connectivity index (χ2v) is 4.16. The summed E-state index contributed by atoms with van der Waals surface area (Å²) in [6.45, 7) is 0. The molecule has 0 saturated carbocycles. The van der Waals surface area contributed by atoms with Crippen molar-refractivity contribution in [1.29, 1.82) is 0 Å². The summed E-state index contributed by atoms with van der Waals surface area (Å²) in [5.74, 6) is 1.77.